The molecule has 0 radical (unpaired) electrons. The van der Waals surface area contributed by atoms with Crippen molar-refractivity contribution < 1.29 is 27.4 Å². The molecule has 0 spiro atoms. The summed E-state index contributed by atoms with van der Waals surface area (Å²) in [5.41, 5.74) is -0.804. The molecule has 0 N–H and O–H groups in total. The predicted octanol–water partition coefficient (Wildman–Crippen LogP) is 3.21. The van der Waals surface area contributed by atoms with E-state index in [0.717, 1.165) is 0 Å². The topological polar surface area (TPSA) is 35.5 Å². The minimum atomic E-state index is -4.52. The van der Waals surface area contributed by atoms with Gasteiger partial charge in [0.25, 0.3) is 0 Å². The molecule has 0 unspecified atom stereocenters. The smallest absolute Gasteiger partial charge is 0.420 e. The zero-order valence-corrected chi connectivity index (χ0v) is 10.7. The van der Waals surface area contributed by atoms with E-state index in [1.165, 1.54) is 25.3 Å². The molecule has 0 saturated carbocycles. The lowest BCUT2D eigenvalue weighted by molar-refractivity contribution is -0.144. The molecule has 1 aromatic rings. The van der Waals surface area contributed by atoms with E-state index in [4.69, 9.17) is 9.47 Å². The molecule has 0 saturated heterocycles. The molecule has 0 bridgehead atoms. The third-order valence-electron chi connectivity index (χ3n) is 2.52. The number of hydrogen-bond acceptors (Lipinski definition) is 3. The van der Waals surface area contributed by atoms with Gasteiger partial charge in [0.1, 0.15) is 11.3 Å². The molecule has 1 rings (SSSR count). The van der Waals surface area contributed by atoms with Crippen LogP contribution in [0.1, 0.15) is 24.5 Å². The van der Waals surface area contributed by atoms with Crippen molar-refractivity contribution in [2.75, 3.05) is 13.7 Å². The molecule has 0 fully saturated rings. The van der Waals surface area contributed by atoms with Gasteiger partial charge in [0.2, 0.25) is 0 Å². The summed E-state index contributed by atoms with van der Waals surface area (Å²) in [7, 11) is 1.18. The van der Waals surface area contributed by atoms with E-state index in [1.807, 2.05) is 0 Å². The summed E-state index contributed by atoms with van der Waals surface area (Å²) in [4.78, 5) is 11.2. The number of alkyl halides is 3. The third kappa shape index (κ3) is 4.15. The van der Waals surface area contributed by atoms with Crippen LogP contribution in [0.3, 0.4) is 0 Å². The van der Waals surface area contributed by atoms with Crippen molar-refractivity contribution in [3.63, 3.8) is 0 Å². The molecule has 19 heavy (non-hydrogen) atoms. The molecular weight excluding hydrogens is 261 g/mol. The van der Waals surface area contributed by atoms with Crippen LogP contribution in [0.2, 0.25) is 0 Å². The van der Waals surface area contributed by atoms with Crippen LogP contribution in [-0.4, -0.2) is 19.7 Å². The largest absolute Gasteiger partial charge is 0.496 e. The Kier molecular flexibility index (Phi) is 5.20. The summed E-state index contributed by atoms with van der Waals surface area (Å²) in [6, 6.07) is 4.05. The summed E-state index contributed by atoms with van der Waals surface area (Å²) >= 11 is 0. The van der Waals surface area contributed by atoms with Crippen molar-refractivity contribution in [3.8, 4) is 5.75 Å². The first-order chi connectivity index (χ1) is 8.90. The highest BCUT2D eigenvalue weighted by molar-refractivity contribution is 5.69. The van der Waals surface area contributed by atoms with Gasteiger partial charge in [-0.15, -0.1) is 0 Å². The van der Waals surface area contributed by atoms with Crippen LogP contribution in [0.4, 0.5) is 13.2 Å². The van der Waals surface area contributed by atoms with Gasteiger partial charge in [-0.3, -0.25) is 4.79 Å². The number of ether oxygens (including phenoxy) is 2. The maximum absolute atomic E-state index is 13.0. The Morgan fingerprint density at radius 3 is 2.53 bits per heavy atom. The van der Waals surface area contributed by atoms with E-state index in [9.17, 15) is 18.0 Å². The quantitative estimate of drug-likeness (QED) is 0.775. The molecule has 0 aliphatic heterocycles. The van der Waals surface area contributed by atoms with E-state index in [1.54, 1.807) is 6.92 Å². The van der Waals surface area contributed by atoms with Gasteiger partial charge in [-0.2, -0.15) is 13.2 Å². The Morgan fingerprint density at radius 1 is 1.32 bits per heavy atom. The number of hydrogen-bond donors (Lipinski definition) is 0. The highest BCUT2D eigenvalue weighted by atomic mass is 19.4. The first kappa shape index (κ1) is 15.3. The lowest BCUT2D eigenvalue weighted by atomic mass is 10.0. The maximum atomic E-state index is 13.0. The minimum Gasteiger partial charge on any atom is -0.496 e. The first-order valence-electron chi connectivity index (χ1n) is 5.78. The number of carbonyl (C=O) groups excluding carboxylic acids is 1. The number of halogens is 3. The van der Waals surface area contributed by atoms with Gasteiger partial charge in [0, 0.05) is 6.42 Å². The van der Waals surface area contributed by atoms with E-state index < -0.39 is 17.7 Å². The van der Waals surface area contributed by atoms with Gasteiger partial charge in [-0.1, -0.05) is 12.1 Å². The van der Waals surface area contributed by atoms with Gasteiger partial charge >= 0.3 is 12.1 Å². The second-order valence-electron chi connectivity index (χ2n) is 3.80. The Balaban J connectivity index is 2.97. The number of esters is 1. The minimum absolute atomic E-state index is 0.0277. The fourth-order valence-electron chi connectivity index (χ4n) is 1.75. The fraction of sp³-hybridized carbons (Fsp3) is 0.462. The van der Waals surface area contributed by atoms with Crippen LogP contribution in [-0.2, 0) is 22.1 Å². The van der Waals surface area contributed by atoms with E-state index >= 15 is 0 Å². The number of carbonyl (C=O) groups is 1. The van der Waals surface area contributed by atoms with Crippen molar-refractivity contribution in [2.24, 2.45) is 0 Å². The summed E-state index contributed by atoms with van der Waals surface area (Å²) in [5.74, 6) is -0.757. The zero-order valence-electron chi connectivity index (χ0n) is 10.7. The normalized spacial score (nSPS) is 11.2. The molecule has 0 heterocycles. The molecule has 106 valence electrons. The Morgan fingerprint density at radius 2 is 2.00 bits per heavy atom. The van der Waals surface area contributed by atoms with Gasteiger partial charge in [0.05, 0.1) is 13.7 Å². The SMILES string of the molecule is CCOC(=O)CCc1cccc(OC)c1C(F)(F)F. The van der Waals surface area contributed by atoms with Crippen molar-refractivity contribution in [1.29, 1.82) is 0 Å². The van der Waals surface area contributed by atoms with Crippen LogP contribution < -0.4 is 4.74 Å². The van der Waals surface area contributed by atoms with Gasteiger partial charge < -0.3 is 9.47 Å². The van der Waals surface area contributed by atoms with Crippen LogP contribution in [0.15, 0.2) is 18.2 Å². The van der Waals surface area contributed by atoms with E-state index in [0.29, 0.717) is 0 Å². The second kappa shape index (κ2) is 6.45. The van der Waals surface area contributed by atoms with Crippen LogP contribution in [0.25, 0.3) is 0 Å². The molecule has 3 nitrogen and oxygen atoms in total. The standard InChI is InChI=1S/C13H15F3O3/c1-3-19-11(17)8-7-9-5-4-6-10(18-2)12(9)13(14,15)16/h4-6H,3,7-8H2,1-2H3. The lowest BCUT2D eigenvalue weighted by Gasteiger charge is -2.16. The molecule has 6 heteroatoms. The first-order valence-corrected chi connectivity index (χ1v) is 5.78. The molecule has 0 aliphatic carbocycles. The average molecular weight is 276 g/mol. The maximum Gasteiger partial charge on any atom is 0.420 e. The van der Waals surface area contributed by atoms with Crippen molar-refractivity contribution in [2.45, 2.75) is 25.9 Å². The molecule has 0 aliphatic rings. The van der Waals surface area contributed by atoms with E-state index in [2.05, 4.69) is 0 Å². The van der Waals surface area contributed by atoms with Crippen molar-refractivity contribution >= 4 is 5.97 Å². The molecule has 0 atom stereocenters. The molecule has 0 aromatic heterocycles. The predicted molar refractivity (Wildman–Crippen MR) is 63.0 cm³/mol. The molecular formula is C13H15F3O3. The van der Waals surface area contributed by atoms with Crippen LogP contribution >= 0.6 is 0 Å². The lowest BCUT2D eigenvalue weighted by Crippen LogP contribution is -2.13. The summed E-state index contributed by atoms with van der Waals surface area (Å²) in [5, 5.41) is 0. The number of benzene rings is 1. The summed E-state index contributed by atoms with van der Waals surface area (Å²) < 4.78 is 48.3. The number of aryl methyl sites for hydroxylation is 1. The molecule has 0 amide bonds. The highest BCUT2D eigenvalue weighted by Gasteiger charge is 2.36. The average Bonchev–Trinajstić information content (AvgIpc) is 2.35. The Labute approximate surface area is 109 Å². The van der Waals surface area contributed by atoms with Crippen molar-refractivity contribution in [1.82, 2.24) is 0 Å². The van der Waals surface area contributed by atoms with Crippen molar-refractivity contribution in [3.05, 3.63) is 29.3 Å². The monoisotopic (exact) mass is 276 g/mol. The fourth-order valence-corrected chi connectivity index (χ4v) is 1.75. The van der Waals surface area contributed by atoms with Gasteiger partial charge in [-0.25, -0.2) is 0 Å². The number of rotatable bonds is 5. The van der Waals surface area contributed by atoms with Gasteiger partial charge in [0.15, 0.2) is 0 Å². The van der Waals surface area contributed by atoms with Gasteiger partial charge in [-0.05, 0) is 25.0 Å². The number of methoxy groups -OCH3 is 1. The second-order valence-corrected chi connectivity index (χ2v) is 3.80. The highest BCUT2D eigenvalue weighted by Crippen LogP contribution is 2.39. The Bertz CT molecular complexity index is 441. The van der Waals surface area contributed by atoms with Crippen LogP contribution in [0.5, 0.6) is 5.75 Å². The van der Waals surface area contributed by atoms with E-state index in [-0.39, 0.29) is 30.8 Å². The zero-order chi connectivity index (χ0) is 14.5. The Hall–Kier alpha value is -1.72. The summed E-state index contributed by atoms with van der Waals surface area (Å²) in [6.07, 6.45) is -4.65. The summed E-state index contributed by atoms with van der Waals surface area (Å²) in [6.45, 7) is 1.85. The van der Waals surface area contributed by atoms with Crippen LogP contribution in [0, 0.1) is 0 Å². The molecule has 1 aromatic carbocycles. The third-order valence-corrected chi connectivity index (χ3v) is 2.52.